The minimum absolute atomic E-state index is 0.139. The number of benzene rings is 1. The minimum atomic E-state index is -0.797. The van der Waals surface area contributed by atoms with Crippen LogP contribution in [0.2, 0.25) is 5.02 Å². The third-order valence-corrected chi connectivity index (χ3v) is 4.52. The second kappa shape index (κ2) is 5.78. The molecule has 0 bridgehead atoms. The third kappa shape index (κ3) is 3.11. The van der Waals surface area contributed by atoms with Gasteiger partial charge < -0.3 is 5.11 Å². The van der Waals surface area contributed by atoms with E-state index in [4.69, 9.17) is 11.6 Å². The summed E-state index contributed by atoms with van der Waals surface area (Å²) in [5.74, 6) is 0. The van der Waals surface area contributed by atoms with Crippen LogP contribution in [0.15, 0.2) is 29.3 Å². The smallest absolute Gasteiger partial charge is 0.261 e. The Balaban J connectivity index is 1.97. The lowest BCUT2D eigenvalue weighted by Gasteiger charge is -2.27. The van der Waals surface area contributed by atoms with Crippen molar-refractivity contribution in [1.29, 1.82) is 0 Å². The average Bonchev–Trinajstić information content (AvgIpc) is 2.68. The topological polar surface area (TPSA) is 55.1 Å². The van der Waals surface area contributed by atoms with Crippen LogP contribution in [0, 0.1) is 0 Å². The van der Waals surface area contributed by atoms with Crippen LogP contribution in [0.5, 0.6) is 0 Å². The van der Waals surface area contributed by atoms with Crippen molar-refractivity contribution in [1.82, 2.24) is 9.55 Å². The molecule has 1 aromatic heterocycles. The summed E-state index contributed by atoms with van der Waals surface area (Å²) in [7, 11) is 0. The quantitative estimate of drug-likeness (QED) is 0.867. The van der Waals surface area contributed by atoms with Crippen molar-refractivity contribution in [3.63, 3.8) is 0 Å². The van der Waals surface area contributed by atoms with E-state index < -0.39 is 5.60 Å². The van der Waals surface area contributed by atoms with Gasteiger partial charge in [-0.05, 0) is 31.0 Å². The van der Waals surface area contributed by atoms with Crippen LogP contribution in [-0.2, 0) is 6.54 Å². The monoisotopic (exact) mass is 306 g/mol. The van der Waals surface area contributed by atoms with Crippen molar-refractivity contribution in [2.45, 2.75) is 50.7 Å². The van der Waals surface area contributed by atoms with Crippen molar-refractivity contribution in [2.24, 2.45) is 0 Å². The molecule has 1 fully saturated rings. The number of nitrogens with zero attached hydrogens (tertiary/aromatic N) is 2. The molecule has 3 rings (SSSR count). The Morgan fingerprint density at radius 3 is 2.67 bits per heavy atom. The van der Waals surface area contributed by atoms with E-state index in [1.54, 1.807) is 18.2 Å². The van der Waals surface area contributed by atoms with Gasteiger partial charge in [-0.3, -0.25) is 9.36 Å². The van der Waals surface area contributed by atoms with Gasteiger partial charge in [-0.1, -0.05) is 37.3 Å². The van der Waals surface area contributed by atoms with E-state index in [-0.39, 0.29) is 5.56 Å². The van der Waals surface area contributed by atoms with Crippen LogP contribution >= 0.6 is 11.6 Å². The standard InChI is InChI=1S/C16H19ClN2O2/c17-12-5-6-14-13(9-12)15(20)19(11-18-14)10-16(21)7-3-1-2-4-8-16/h5-6,9,11,21H,1-4,7-8,10H2. The van der Waals surface area contributed by atoms with Crippen molar-refractivity contribution in [2.75, 3.05) is 0 Å². The summed E-state index contributed by atoms with van der Waals surface area (Å²) in [5.41, 5.74) is -0.303. The predicted molar refractivity (Wildman–Crippen MR) is 83.7 cm³/mol. The zero-order valence-corrected chi connectivity index (χ0v) is 12.6. The second-order valence-electron chi connectivity index (χ2n) is 5.98. The molecule has 0 unspecified atom stereocenters. The Morgan fingerprint density at radius 2 is 1.95 bits per heavy atom. The van der Waals surface area contributed by atoms with Crippen LogP contribution in [0.1, 0.15) is 38.5 Å². The molecule has 5 heteroatoms. The second-order valence-corrected chi connectivity index (χ2v) is 6.41. The van der Waals surface area contributed by atoms with Gasteiger partial charge in [0.15, 0.2) is 0 Å². The first kappa shape index (κ1) is 14.5. The first-order valence-electron chi connectivity index (χ1n) is 7.45. The molecule has 0 atom stereocenters. The van der Waals surface area contributed by atoms with Gasteiger partial charge in [0.25, 0.3) is 5.56 Å². The van der Waals surface area contributed by atoms with E-state index in [1.807, 2.05) is 0 Å². The number of hydrogen-bond acceptors (Lipinski definition) is 3. The Morgan fingerprint density at radius 1 is 1.24 bits per heavy atom. The molecule has 1 aromatic carbocycles. The molecule has 2 aromatic rings. The lowest BCUT2D eigenvalue weighted by atomic mass is 9.94. The SMILES string of the molecule is O=c1c2cc(Cl)ccc2ncn1CC1(O)CCCCCC1. The summed E-state index contributed by atoms with van der Waals surface area (Å²) in [5, 5.41) is 11.8. The van der Waals surface area contributed by atoms with Crippen LogP contribution in [0.4, 0.5) is 0 Å². The Hall–Kier alpha value is -1.39. The van der Waals surface area contributed by atoms with E-state index in [0.717, 1.165) is 38.5 Å². The van der Waals surface area contributed by atoms with Crippen LogP contribution < -0.4 is 5.56 Å². The van der Waals surface area contributed by atoms with Crippen molar-refractivity contribution in [3.05, 3.63) is 39.9 Å². The molecule has 21 heavy (non-hydrogen) atoms. The first-order chi connectivity index (χ1) is 10.1. The van der Waals surface area contributed by atoms with E-state index in [1.165, 1.54) is 10.9 Å². The highest BCUT2D eigenvalue weighted by Gasteiger charge is 2.29. The lowest BCUT2D eigenvalue weighted by molar-refractivity contribution is 0.00706. The molecule has 4 nitrogen and oxygen atoms in total. The molecular formula is C16H19ClN2O2. The van der Waals surface area contributed by atoms with Gasteiger partial charge in [-0.15, -0.1) is 0 Å². The van der Waals surface area contributed by atoms with Crippen molar-refractivity contribution >= 4 is 22.5 Å². The molecular weight excluding hydrogens is 288 g/mol. The fraction of sp³-hybridized carbons (Fsp3) is 0.500. The summed E-state index contributed by atoms with van der Waals surface area (Å²) in [6, 6.07) is 5.10. The minimum Gasteiger partial charge on any atom is -0.388 e. The third-order valence-electron chi connectivity index (χ3n) is 4.29. The molecule has 112 valence electrons. The van der Waals surface area contributed by atoms with Crippen molar-refractivity contribution in [3.8, 4) is 0 Å². The zero-order valence-electron chi connectivity index (χ0n) is 11.9. The summed E-state index contributed by atoms with van der Waals surface area (Å²) in [6.07, 6.45) is 7.35. The van der Waals surface area contributed by atoms with Gasteiger partial charge >= 0.3 is 0 Å². The van der Waals surface area contributed by atoms with Crippen LogP contribution in [-0.4, -0.2) is 20.3 Å². The summed E-state index contributed by atoms with van der Waals surface area (Å²) in [4.78, 5) is 16.8. The Labute approximate surface area is 128 Å². The number of fused-ring (bicyclic) bond motifs is 1. The summed E-state index contributed by atoms with van der Waals surface area (Å²) in [6.45, 7) is 0.307. The lowest BCUT2D eigenvalue weighted by Crippen LogP contribution is -2.37. The van der Waals surface area contributed by atoms with Crippen molar-refractivity contribution < 1.29 is 5.11 Å². The van der Waals surface area contributed by atoms with Gasteiger partial charge in [0, 0.05) is 5.02 Å². The van der Waals surface area contributed by atoms with Gasteiger partial charge in [0.2, 0.25) is 0 Å². The largest absolute Gasteiger partial charge is 0.388 e. The molecule has 1 N–H and O–H groups in total. The summed E-state index contributed by atoms with van der Waals surface area (Å²) >= 11 is 5.96. The van der Waals surface area contributed by atoms with E-state index in [9.17, 15) is 9.90 Å². The predicted octanol–water partition coefficient (Wildman–Crippen LogP) is 3.14. The molecule has 1 aliphatic carbocycles. The Bertz CT molecular complexity index is 703. The van der Waals surface area contributed by atoms with E-state index in [2.05, 4.69) is 4.98 Å². The molecule has 1 aliphatic rings. The van der Waals surface area contributed by atoms with Gasteiger partial charge in [-0.25, -0.2) is 4.98 Å². The highest BCUT2D eigenvalue weighted by Crippen LogP contribution is 2.28. The van der Waals surface area contributed by atoms with E-state index >= 15 is 0 Å². The summed E-state index contributed by atoms with van der Waals surface area (Å²) < 4.78 is 1.52. The Kier molecular flexibility index (Phi) is 4.00. The fourth-order valence-electron chi connectivity index (χ4n) is 3.11. The normalized spacial score (nSPS) is 18.6. The van der Waals surface area contributed by atoms with Gasteiger partial charge in [0.05, 0.1) is 29.4 Å². The number of aliphatic hydroxyl groups is 1. The van der Waals surface area contributed by atoms with Crippen LogP contribution in [0.3, 0.4) is 0 Å². The van der Waals surface area contributed by atoms with Gasteiger partial charge in [0.1, 0.15) is 0 Å². The van der Waals surface area contributed by atoms with E-state index in [0.29, 0.717) is 22.5 Å². The average molecular weight is 307 g/mol. The number of rotatable bonds is 2. The highest BCUT2D eigenvalue weighted by molar-refractivity contribution is 6.31. The van der Waals surface area contributed by atoms with Crippen LogP contribution in [0.25, 0.3) is 10.9 Å². The molecule has 0 spiro atoms. The molecule has 0 aliphatic heterocycles. The number of halogens is 1. The molecule has 0 saturated heterocycles. The maximum absolute atomic E-state index is 12.5. The molecule has 1 saturated carbocycles. The fourth-order valence-corrected chi connectivity index (χ4v) is 3.28. The first-order valence-corrected chi connectivity index (χ1v) is 7.82. The number of aromatic nitrogens is 2. The number of hydrogen-bond donors (Lipinski definition) is 1. The van der Waals surface area contributed by atoms with Gasteiger partial charge in [-0.2, -0.15) is 0 Å². The maximum atomic E-state index is 12.5. The maximum Gasteiger partial charge on any atom is 0.261 e. The molecule has 1 heterocycles. The molecule has 0 amide bonds. The highest BCUT2D eigenvalue weighted by atomic mass is 35.5. The molecule has 0 radical (unpaired) electrons. The zero-order chi connectivity index (χ0) is 14.9.